The minimum Gasteiger partial charge on any atom is -0.486 e. The zero-order valence-electron chi connectivity index (χ0n) is 19.0. The number of benzene rings is 2. The number of nitrogens with one attached hydrogen (secondary N) is 1. The van der Waals surface area contributed by atoms with Gasteiger partial charge in [-0.15, -0.1) is 10.2 Å². The number of hydrogen-bond acceptors (Lipinski definition) is 7. The lowest BCUT2D eigenvalue weighted by molar-refractivity contribution is -0.119. The van der Waals surface area contributed by atoms with E-state index in [0.29, 0.717) is 41.8 Å². The molecule has 10 heteroatoms. The van der Waals surface area contributed by atoms with E-state index in [2.05, 4.69) is 15.5 Å². The van der Waals surface area contributed by atoms with Crippen LogP contribution in [0.5, 0.6) is 11.5 Å². The number of carbonyl (C=O) groups excluding carboxylic acids is 1. The molecule has 1 unspecified atom stereocenters. The van der Waals surface area contributed by atoms with Crippen molar-refractivity contribution in [2.75, 3.05) is 19.0 Å². The zero-order valence-corrected chi connectivity index (χ0v) is 19.8. The van der Waals surface area contributed by atoms with Gasteiger partial charge in [0.15, 0.2) is 16.7 Å². The molecule has 0 fully saturated rings. The fourth-order valence-electron chi connectivity index (χ4n) is 4.08. The molecule has 2 aromatic heterocycles. The molecular weight excluding hydrogens is 454 g/mol. The van der Waals surface area contributed by atoms with Gasteiger partial charge in [0.2, 0.25) is 11.7 Å². The molecule has 1 N–H and O–H groups in total. The highest BCUT2D eigenvalue weighted by Crippen LogP contribution is 2.32. The third-order valence-corrected chi connectivity index (χ3v) is 6.63. The first-order valence-electron chi connectivity index (χ1n) is 11.2. The van der Waals surface area contributed by atoms with Crippen LogP contribution in [0, 0.1) is 0 Å². The summed E-state index contributed by atoms with van der Waals surface area (Å²) in [5, 5.41) is 12.8. The molecular formula is C24H25N5O4S. The van der Waals surface area contributed by atoms with E-state index in [4.69, 9.17) is 9.47 Å². The van der Waals surface area contributed by atoms with Crippen LogP contribution < -0.4 is 20.3 Å². The monoisotopic (exact) mass is 479 g/mol. The lowest BCUT2D eigenvalue weighted by Crippen LogP contribution is -2.28. The van der Waals surface area contributed by atoms with Crippen LogP contribution in [0.25, 0.3) is 16.7 Å². The summed E-state index contributed by atoms with van der Waals surface area (Å²) in [5.41, 5.74) is 1.58. The van der Waals surface area contributed by atoms with Crippen molar-refractivity contribution in [3.05, 3.63) is 58.4 Å². The van der Waals surface area contributed by atoms with Crippen molar-refractivity contribution in [2.45, 2.75) is 38.0 Å². The number of ether oxygens (including phenoxy) is 2. The van der Waals surface area contributed by atoms with Crippen LogP contribution in [0.15, 0.2) is 52.4 Å². The summed E-state index contributed by atoms with van der Waals surface area (Å²) in [4.78, 5) is 25.7. The van der Waals surface area contributed by atoms with Gasteiger partial charge < -0.3 is 14.8 Å². The topological polar surface area (TPSA) is 99.8 Å². The van der Waals surface area contributed by atoms with Gasteiger partial charge in [-0.25, -0.2) is 0 Å². The summed E-state index contributed by atoms with van der Waals surface area (Å²) >= 11 is 1.29. The molecule has 1 atom stereocenters. The number of rotatable bonds is 7. The van der Waals surface area contributed by atoms with E-state index >= 15 is 0 Å². The summed E-state index contributed by atoms with van der Waals surface area (Å²) in [7, 11) is 0. The van der Waals surface area contributed by atoms with E-state index in [9.17, 15) is 9.59 Å². The Morgan fingerprint density at radius 1 is 1.15 bits per heavy atom. The van der Waals surface area contributed by atoms with Crippen LogP contribution in [0.4, 0.5) is 0 Å². The van der Waals surface area contributed by atoms with Crippen molar-refractivity contribution in [1.82, 2.24) is 24.5 Å². The molecule has 4 aromatic rings. The summed E-state index contributed by atoms with van der Waals surface area (Å²) in [6.45, 7) is 5.54. The van der Waals surface area contributed by atoms with E-state index in [0.717, 1.165) is 23.3 Å². The second-order valence-corrected chi connectivity index (χ2v) is 9.02. The number of nitrogens with zero attached hydrogens (tertiary/aromatic N) is 4. The molecule has 1 aliphatic heterocycles. The molecule has 0 bridgehead atoms. The molecule has 9 nitrogen and oxygen atoms in total. The second kappa shape index (κ2) is 9.38. The number of fused-ring (bicyclic) bond motifs is 4. The van der Waals surface area contributed by atoms with Gasteiger partial charge in [-0.2, -0.15) is 0 Å². The standard InChI is InChI=1S/C24H25N5O4S/c1-3-10-28-22(31)17-6-4-5-7-18(17)29-23(28)26-27-24(29)34-14-21(30)25-15(2)16-8-9-19-20(13-16)33-12-11-32-19/h4-9,13,15H,3,10-12,14H2,1-2H3,(H,25,30). The molecule has 1 aliphatic rings. The fourth-order valence-corrected chi connectivity index (χ4v) is 4.83. The zero-order chi connectivity index (χ0) is 23.7. The maximum absolute atomic E-state index is 12.9. The van der Waals surface area contributed by atoms with Crippen LogP contribution in [0.2, 0.25) is 0 Å². The molecule has 1 amide bonds. The highest BCUT2D eigenvalue weighted by molar-refractivity contribution is 7.99. The molecule has 0 spiro atoms. The number of amides is 1. The molecule has 176 valence electrons. The van der Waals surface area contributed by atoms with Crippen LogP contribution in [-0.4, -0.2) is 44.0 Å². The second-order valence-electron chi connectivity index (χ2n) is 8.07. The Morgan fingerprint density at radius 3 is 2.76 bits per heavy atom. The average molecular weight is 480 g/mol. The summed E-state index contributed by atoms with van der Waals surface area (Å²) in [6, 6.07) is 12.9. The van der Waals surface area contributed by atoms with Gasteiger partial charge in [0.05, 0.1) is 22.7 Å². The molecule has 0 saturated carbocycles. The predicted molar refractivity (Wildman–Crippen MR) is 130 cm³/mol. The Balaban J connectivity index is 1.35. The largest absolute Gasteiger partial charge is 0.486 e. The molecule has 34 heavy (non-hydrogen) atoms. The smallest absolute Gasteiger partial charge is 0.262 e. The quantitative estimate of drug-likeness (QED) is 0.406. The van der Waals surface area contributed by atoms with Gasteiger partial charge in [0.1, 0.15) is 13.2 Å². The van der Waals surface area contributed by atoms with Gasteiger partial charge in [-0.05, 0) is 43.2 Å². The lowest BCUT2D eigenvalue weighted by atomic mass is 10.1. The minimum atomic E-state index is -0.199. The maximum Gasteiger partial charge on any atom is 0.262 e. The third-order valence-electron chi connectivity index (χ3n) is 5.70. The highest BCUT2D eigenvalue weighted by Gasteiger charge is 2.19. The van der Waals surface area contributed by atoms with Gasteiger partial charge >= 0.3 is 0 Å². The van der Waals surface area contributed by atoms with Gasteiger partial charge in [-0.3, -0.25) is 18.6 Å². The van der Waals surface area contributed by atoms with Crippen molar-refractivity contribution in [2.24, 2.45) is 0 Å². The lowest BCUT2D eigenvalue weighted by Gasteiger charge is -2.21. The van der Waals surface area contributed by atoms with E-state index in [1.807, 2.05) is 54.6 Å². The Morgan fingerprint density at radius 2 is 1.94 bits per heavy atom. The van der Waals surface area contributed by atoms with Crippen molar-refractivity contribution < 1.29 is 14.3 Å². The molecule has 3 heterocycles. The van der Waals surface area contributed by atoms with Crippen LogP contribution in [0.1, 0.15) is 31.9 Å². The number of thioether (sulfide) groups is 1. The number of aromatic nitrogens is 4. The predicted octanol–water partition coefficient (Wildman–Crippen LogP) is 3.19. The molecule has 0 aliphatic carbocycles. The minimum absolute atomic E-state index is 0.0834. The molecule has 2 aromatic carbocycles. The van der Waals surface area contributed by atoms with Crippen LogP contribution in [0.3, 0.4) is 0 Å². The molecule has 0 saturated heterocycles. The van der Waals surface area contributed by atoms with Crippen LogP contribution in [-0.2, 0) is 11.3 Å². The Labute approximate surface area is 200 Å². The van der Waals surface area contributed by atoms with E-state index in [-0.39, 0.29) is 23.3 Å². The highest BCUT2D eigenvalue weighted by atomic mass is 32.2. The van der Waals surface area contributed by atoms with Crippen molar-refractivity contribution >= 4 is 34.3 Å². The van der Waals surface area contributed by atoms with E-state index < -0.39 is 0 Å². The van der Waals surface area contributed by atoms with Crippen molar-refractivity contribution in [1.29, 1.82) is 0 Å². The van der Waals surface area contributed by atoms with Gasteiger partial charge in [0.25, 0.3) is 5.56 Å². The first-order chi connectivity index (χ1) is 16.6. The SMILES string of the molecule is CCCn1c(=O)c2ccccc2n2c(SCC(=O)NC(C)c3ccc4c(c3)OCCO4)nnc12. The number of aryl methyl sites for hydroxylation is 1. The fraction of sp³-hybridized carbons (Fsp3) is 0.333. The number of hydrogen-bond donors (Lipinski definition) is 1. The van der Waals surface area contributed by atoms with Crippen LogP contribution >= 0.6 is 11.8 Å². The summed E-state index contributed by atoms with van der Waals surface area (Å²) in [6.07, 6.45) is 0.795. The van der Waals surface area contributed by atoms with Crippen molar-refractivity contribution in [3.8, 4) is 11.5 Å². The average Bonchev–Trinajstić information content (AvgIpc) is 3.29. The summed E-state index contributed by atoms with van der Waals surface area (Å²) in [5.74, 6) is 1.93. The van der Waals surface area contributed by atoms with E-state index in [1.54, 1.807) is 10.6 Å². The summed E-state index contributed by atoms with van der Waals surface area (Å²) < 4.78 is 14.7. The Bertz CT molecular complexity index is 1430. The Hall–Kier alpha value is -3.53. The third kappa shape index (κ3) is 4.09. The Kier molecular flexibility index (Phi) is 6.14. The number of carbonyl (C=O) groups is 1. The first-order valence-corrected chi connectivity index (χ1v) is 12.2. The van der Waals surface area contributed by atoms with Gasteiger partial charge in [-0.1, -0.05) is 36.9 Å². The van der Waals surface area contributed by atoms with Crippen molar-refractivity contribution in [3.63, 3.8) is 0 Å². The number of para-hydroxylation sites is 1. The molecule has 0 radical (unpaired) electrons. The first kappa shape index (κ1) is 22.3. The molecule has 5 rings (SSSR count). The normalized spacial score (nSPS) is 13.8. The maximum atomic E-state index is 12.9. The van der Waals surface area contributed by atoms with E-state index in [1.165, 1.54) is 11.8 Å². The van der Waals surface area contributed by atoms with Gasteiger partial charge in [0, 0.05) is 6.54 Å².